The van der Waals surface area contributed by atoms with Gasteiger partial charge in [-0.05, 0) is 30.7 Å². The number of benzene rings is 2. The number of halogens is 3. The van der Waals surface area contributed by atoms with Crippen molar-refractivity contribution in [2.75, 3.05) is 11.4 Å². The molecule has 1 aliphatic heterocycles. The van der Waals surface area contributed by atoms with Crippen LogP contribution in [0.3, 0.4) is 0 Å². The summed E-state index contributed by atoms with van der Waals surface area (Å²) < 4.78 is 39.1. The molecule has 25 heavy (non-hydrogen) atoms. The van der Waals surface area contributed by atoms with E-state index in [-0.39, 0.29) is 5.91 Å². The highest BCUT2D eigenvalue weighted by molar-refractivity contribution is 6.04. The Morgan fingerprint density at radius 1 is 1.04 bits per heavy atom. The van der Waals surface area contributed by atoms with Crippen LogP contribution in [-0.2, 0) is 11.0 Å². The molecule has 3 rings (SSSR count). The first-order valence-electron chi connectivity index (χ1n) is 7.71. The van der Waals surface area contributed by atoms with Gasteiger partial charge in [0, 0.05) is 12.2 Å². The molecule has 0 aliphatic carbocycles. The minimum atomic E-state index is -4.64. The fraction of sp³-hybridized carbons (Fsp3) is 0.222. The Balaban J connectivity index is 1.76. The van der Waals surface area contributed by atoms with Gasteiger partial charge in [0.05, 0.1) is 11.1 Å². The highest BCUT2D eigenvalue weighted by Crippen LogP contribution is 2.32. The van der Waals surface area contributed by atoms with Crippen molar-refractivity contribution in [3.05, 3.63) is 65.7 Å². The lowest BCUT2D eigenvalue weighted by molar-refractivity contribution is -0.137. The molecule has 4 nitrogen and oxygen atoms in total. The number of amides is 2. The zero-order chi connectivity index (χ0) is 18.0. The molecule has 1 saturated heterocycles. The third kappa shape index (κ3) is 3.50. The summed E-state index contributed by atoms with van der Waals surface area (Å²) in [6, 6.07) is 12.6. The first-order chi connectivity index (χ1) is 11.9. The molecule has 7 heteroatoms. The van der Waals surface area contributed by atoms with Crippen LogP contribution in [0.1, 0.15) is 22.3 Å². The standard InChI is InChI=1S/C18H15F3N2O2/c19-18(20,21)14-9-5-4-8-13(14)16(24)22-15-10-11-23(17(15)25)12-6-2-1-3-7-12/h1-9,15H,10-11H2,(H,22,24)/t15-/m0/s1. The highest BCUT2D eigenvalue weighted by atomic mass is 19.4. The quantitative estimate of drug-likeness (QED) is 0.926. The predicted molar refractivity (Wildman–Crippen MR) is 86.1 cm³/mol. The average molecular weight is 348 g/mol. The van der Waals surface area contributed by atoms with Crippen LogP contribution in [-0.4, -0.2) is 24.4 Å². The van der Waals surface area contributed by atoms with E-state index in [9.17, 15) is 22.8 Å². The monoisotopic (exact) mass is 348 g/mol. The van der Waals surface area contributed by atoms with E-state index >= 15 is 0 Å². The lowest BCUT2D eigenvalue weighted by atomic mass is 10.1. The molecule has 2 aromatic carbocycles. The summed E-state index contributed by atoms with van der Waals surface area (Å²) in [4.78, 5) is 26.2. The Bertz CT molecular complexity index is 790. The molecule has 130 valence electrons. The fourth-order valence-electron chi connectivity index (χ4n) is 2.84. The van der Waals surface area contributed by atoms with Crippen LogP contribution in [0.25, 0.3) is 0 Å². The van der Waals surface area contributed by atoms with E-state index in [1.54, 1.807) is 24.3 Å². The number of hydrogen-bond donors (Lipinski definition) is 1. The highest BCUT2D eigenvalue weighted by Gasteiger charge is 2.37. The van der Waals surface area contributed by atoms with E-state index in [0.717, 1.165) is 12.1 Å². The molecule has 0 spiro atoms. The van der Waals surface area contributed by atoms with Gasteiger partial charge in [-0.3, -0.25) is 9.59 Å². The Kier molecular flexibility index (Phi) is 4.48. The van der Waals surface area contributed by atoms with Gasteiger partial charge in [0.15, 0.2) is 0 Å². The third-order valence-electron chi connectivity index (χ3n) is 4.06. The van der Waals surface area contributed by atoms with E-state index < -0.39 is 29.3 Å². The number of carbonyl (C=O) groups is 2. The number of hydrogen-bond acceptors (Lipinski definition) is 2. The van der Waals surface area contributed by atoms with E-state index in [1.807, 2.05) is 6.07 Å². The molecule has 1 atom stereocenters. The zero-order valence-corrected chi connectivity index (χ0v) is 13.1. The van der Waals surface area contributed by atoms with Gasteiger partial charge in [-0.15, -0.1) is 0 Å². The van der Waals surface area contributed by atoms with Gasteiger partial charge < -0.3 is 10.2 Å². The normalized spacial score (nSPS) is 17.6. The smallest absolute Gasteiger partial charge is 0.340 e. The molecule has 1 N–H and O–H groups in total. The molecular weight excluding hydrogens is 333 g/mol. The van der Waals surface area contributed by atoms with Crippen molar-refractivity contribution in [1.29, 1.82) is 0 Å². The minimum absolute atomic E-state index is 0.330. The molecule has 1 heterocycles. The second-order valence-electron chi connectivity index (χ2n) is 5.68. The molecule has 0 unspecified atom stereocenters. The van der Waals surface area contributed by atoms with Crippen LogP contribution in [0.4, 0.5) is 18.9 Å². The van der Waals surface area contributed by atoms with Crippen molar-refractivity contribution in [2.45, 2.75) is 18.6 Å². The number of alkyl halides is 3. The molecule has 1 aliphatic rings. The lowest BCUT2D eigenvalue weighted by Gasteiger charge is -2.18. The van der Waals surface area contributed by atoms with Crippen molar-refractivity contribution in [3.63, 3.8) is 0 Å². The predicted octanol–water partition coefficient (Wildman–Crippen LogP) is 3.24. The summed E-state index contributed by atoms with van der Waals surface area (Å²) in [5, 5.41) is 2.43. The molecular formula is C18H15F3N2O2. The molecule has 0 bridgehead atoms. The van der Waals surface area contributed by atoms with Crippen LogP contribution < -0.4 is 10.2 Å². The maximum Gasteiger partial charge on any atom is 0.417 e. The first-order valence-corrected chi connectivity index (χ1v) is 7.71. The molecule has 2 amide bonds. The number of para-hydroxylation sites is 1. The SMILES string of the molecule is O=C(N[C@H]1CCN(c2ccccc2)C1=O)c1ccccc1C(F)(F)F. The minimum Gasteiger partial charge on any atom is -0.340 e. The molecule has 0 aromatic heterocycles. The molecule has 1 fully saturated rings. The van der Waals surface area contributed by atoms with Gasteiger partial charge in [0.2, 0.25) is 5.91 Å². The first kappa shape index (κ1) is 17.0. The van der Waals surface area contributed by atoms with Gasteiger partial charge >= 0.3 is 6.18 Å². The lowest BCUT2D eigenvalue weighted by Crippen LogP contribution is -2.42. The number of anilines is 1. The van der Waals surface area contributed by atoms with Crippen molar-refractivity contribution in [3.8, 4) is 0 Å². The van der Waals surface area contributed by atoms with Gasteiger partial charge in [-0.25, -0.2) is 0 Å². The van der Waals surface area contributed by atoms with Crippen molar-refractivity contribution in [2.24, 2.45) is 0 Å². The largest absolute Gasteiger partial charge is 0.417 e. The maximum atomic E-state index is 13.0. The van der Waals surface area contributed by atoms with Gasteiger partial charge in [-0.1, -0.05) is 30.3 Å². The fourth-order valence-corrected chi connectivity index (χ4v) is 2.84. The van der Waals surface area contributed by atoms with E-state index in [1.165, 1.54) is 17.0 Å². The van der Waals surface area contributed by atoms with E-state index in [0.29, 0.717) is 18.7 Å². The van der Waals surface area contributed by atoms with Crippen LogP contribution in [0.5, 0.6) is 0 Å². The van der Waals surface area contributed by atoms with Gasteiger partial charge in [0.1, 0.15) is 6.04 Å². The Morgan fingerprint density at radius 2 is 1.68 bits per heavy atom. The second kappa shape index (κ2) is 6.58. The maximum absolute atomic E-state index is 13.0. The van der Waals surface area contributed by atoms with Crippen molar-refractivity contribution < 1.29 is 22.8 Å². The average Bonchev–Trinajstić information content (AvgIpc) is 2.95. The number of rotatable bonds is 3. The third-order valence-corrected chi connectivity index (χ3v) is 4.06. The Labute approximate surface area is 142 Å². The van der Waals surface area contributed by atoms with Crippen molar-refractivity contribution >= 4 is 17.5 Å². The Hall–Kier alpha value is -2.83. The van der Waals surface area contributed by atoms with Gasteiger partial charge in [-0.2, -0.15) is 13.2 Å². The van der Waals surface area contributed by atoms with Crippen LogP contribution in [0, 0.1) is 0 Å². The van der Waals surface area contributed by atoms with Crippen LogP contribution in [0.2, 0.25) is 0 Å². The van der Waals surface area contributed by atoms with Crippen LogP contribution >= 0.6 is 0 Å². The van der Waals surface area contributed by atoms with Crippen molar-refractivity contribution in [1.82, 2.24) is 5.32 Å². The van der Waals surface area contributed by atoms with E-state index in [4.69, 9.17) is 0 Å². The van der Waals surface area contributed by atoms with Gasteiger partial charge in [0.25, 0.3) is 5.91 Å². The summed E-state index contributed by atoms with van der Waals surface area (Å²) in [6.45, 7) is 0.398. The summed E-state index contributed by atoms with van der Waals surface area (Å²) >= 11 is 0. The van der Waals surface area contributed by atoms with E-state index in [2.05, 4.69) is 5.32 Å². The summed E-state index contributed by atoms with van der Waals surface area (Å²) in [6.07, 6.45) is -4.29. The summed E-state index contributed by atoms with van der Waals surface area (Å²) in [5.41, 5.74) is -0.807. The van der Waals surface area contributed by atoms with Crippen LogP contribution in [0.15, 0.2) is 54.6 Å². The second-order valence-corrected chi connectivity index (χ2v) is 5.68. The number of nitrogens with one attached hydrogen (secondary N) is 1. The topological polar surface area (TPSA) is 49.4 Å². The zero-order valence-electron chi connectivity index (χ0n) is 13.1. The summed E-state index contributed by atoms with van der Waals surface area (Å²) in [7, 11) is 0. The summed E-state index contributed by atoms with van der Waals surface area (Å²) in [5.74, 6) is -1.23. The molecule has 0 saturated carbocycles. The Morgan fingerprint density at radius 3 is 2.36 bits per heavy atom. The molecule has 0 radical (unpaired) electrons. The molecule has 2 aromatic rings. The number of nitrogens with zero attached hydrogens (tertiary/aromatic N) is 1. The number of carbonyl (C=O) groups excluding carboxylic acids is 2.